The number of imide groups is 1. The van der Waals surface area contributed by atoms with Gasteiger partial charge in [-0.25, -0.2) is 4.90 Å². The maximum atomic E-state index is 11.6. The van der Waals surface area contributed by atoms with E-state index in [-0.39, 0.29) is 6.42 Å². The first-order valence-corrected chi connectivity index (χ1v) is 5.03. The lowest BCUT2D eigenvalue weighted by Gasteiger charge is -2.13. The molecule has 1 heterocycles. The Labute approximate surface area is 97.2 Å². The third kappa shape index (κ3) is 1.78. The molecule has 3 amide bonds. The molecule has 0 atom stereocenters. The minimum atomic E-state index is -1.14. The molecular weight excluding hydrogens is 222 g/mol. The predicted molar refractivity (Wildman–Crippen MR) is 59.7 cm³/mol. The zero-order chi connectivity index (χ0) is 12.6. The van der Waals surface area contributed by atoms with Gasteiger partial charge in [-0.15, -0.1) is 0 Å². The van der Waals surface area contributed by atoms with E-state index in [2.05, 4.69) is 0 Å². The molecule has 0 saturated carbocycles. The number of amides is 3. The zero-order valence-electron chi connectivity index (χ0n) is 8.97. The number of nitrogens with zero attached hydrogens (tertiary/aromatic N) is 1. The Kier molecular flexibility index (Phi) is 2.64. The van der Waals surface area contributed by atoms with Gasteiger partial charge in [-0.05, 0) is 17.2 Å². The van der Waals surface area contributed by atoms with Crippen molar-refractivity contribution in [3.8, 4) is 0 Å². The van der Waals surface area contributed by atoms with Crippen LogP contribution in [-0.4, -0.2) is 17.7 Å². The van der Waals surface area contributed by atoms with Gasteiger partial charge in [-0.3, -0.25) is 14.4 Å². The van der Waals surface area contributed by atoms with Crippen LogP contribution >= 0.6 is 0 Å². The maximum Gasteiger partial charge on any atom is 0.322 e. The van der Waals surface area contributed by atoms with Crippen molar-refractivity contribution in [2.75, 3.05) is 4.90 Å². The van der Waals surface area contributed by atoms with E-state index in [1.54, 1.807) is 18.2 Å². The van der Waals surface area contributed by atoms with Crippen LogP contribution in [0.15, 0.2) is 18.2 Å². The summed E-state index contributed by atoms with van der Waals surface area (Å²) in [5.74, 6) is -2.60. The standard InChI is InChI=1S/C11H11N3O3/c12-5-6-1-2-8-7(3-6)4-9(15)14(8)11(17)10(13)16/h1-3H,4-5,12H2,(H2,13,16). The molecule has 1 aliphatic heterocycles. The first kappa shape index (κ1) is 11.3. The van der Waals surface area contributed by atoms with E-state index in [1.165, 1.54) is 0 Å². The Balaban J connectivity index is 2.44. The minimum absolute atomic E-state index is 0.0855. The number of anilines is 1. The smallest absolute Gasteiger partial charge is 0.322 e. The van der Waals surface area contributed by atoms with Gasteiger partial charge in [0.15, 0.2) is 0 Å². The third-order valence-electron chi connectivity index (χ3n) is 2.63. The van der Waals surface area contributed by atoms with E-state index in [1.807, 2.05) is 0 Å². The highest BCUT2D eigenvalue weighted by atomic mass is 16.2. The number of primary amides is 1. The van der Waals surface area contributed by atoms with Crippen molar-refractivity contribution in [2.24, 2.45) is 11.5 Å². The van der Waals surface area contributed by atoms with Crippen LogP contribution in [0.2, 0.25) is 0 Å². The van der Waals surface area contributed by atoms with Crippen molar-refractivity contribution < 1.29 is 14.4 Å². The second-order valence-corrected chi connectivity index (χ2v) is 3.74. The van der Waals surface area contributed by atoms with E-state index in [4.69, 9.17) is 11.5 Å². The van der Waals surface area contributed by atoms with Crippen LogP contribution in [0.5, 0.6) is 0 Å². The average molecular weight is 233 g/mol. The molecular formula is C11H11N3O3. The summed E-state index contributed by atoms with van der Waals surface area (Å²) in [4.78, 5) is 34.8. The number of fused-ring (bicyclic) bond motifs is 1. The molecule has 0 aliphatic carbocycles. The van der Waals surface area contributed by atoms with Crippen LogP contribution in [0.4, 0.5) is 5.69 Å². The van der Waals surface area contributed by atoms with Gasteiger partial charge in [0.05, 0.1) is 12.1 Å². The lowest BCUT2D eigenvalue weighted by Crippen LogP contribution is -2.42. The second-order valence-electron chi connectivity index (χ2n) is 3.74. The van der Waals surface area contributed by atoms with Crippen molar-refractivity contribution in [1.82, 2.24) is 0 Å². The summed E-state index contributed by atoms with van der Waals surface area (Å²) in [5.41, 5.74) is 12.3. The Morgan fingerprint density at radius 1 is 1.35 bits per heavy atom. The molecule has 0 radical (unpaired) electrons. The van der Waals surface area contributed by atoms with E-state index < -0.39 is 17.7 Å². The largest absolute Gasteiger partial charge is 0.361 e. The molecule has 88 valence electrons. The maximum absolute atomic E-state index is 11.6. The molecule has 6 heteroatoms. The van der Waals surface area contributed by atoms with Crippen molar-refractivity contribution in [2.45, 2.75) is 13.0 Å². The Bertz CT molecular complexity index is 525. The van der Waals surface area contributed by atoms with Gasteiger partial charge in [0.25, 0.3) is 0 Å². The van der Waals surface area contributed by atoms with Gasteiger partial charge >= 0.3 is 11.8 Å². The summed E-state index contributed by atoms with van der Waals surface area (Å²) >= 11 is 0. The van der Waals surface area contributed by atoms with Gasteiger partial charge in [0.2, 0.25) is 5.91 Å². The predicted octanol–water partition coefficient (Wildman–Crippen LogP) is -0.954. The summed E-state index contributed by atoms with van der Waals surface area (Å²) in [5, 5.41) is 0. The highest BCUT2D eigenvalue weighted by Crippen LogP contribution is 2.29. The van der Waals surface area contributed by atoms with Crippen molar-refractivity contribution in [3.63, 3.8) is 0 Å². The summed E-state index contributed by atoms with van der Waals surface area (Å²) in [6.07, 6.45) is 0.0855. The molecule has 4 N–H and O–H groups in total. The van der Waals surface area contributed by atoms with Crippen LogP contribution in [0.1, 0.15) is 11.1 Å². The molecule has 1 aromatic carbocycles. The fourth-order valence-electron chi connectivity index (χ4n) is 1.83. The topological polar surface area (TPSA) is 106 Å². The summed E-state index contributed by atoms with van der Waals surface area (Å²) in [6.45, 7) is 0.352. The normalized spacial score (nSPS) is 13.7. The van der Waals surface area contributed by atoms with Crippen LogP contribution < -0.4 is 16.4 Å². The molecule has 1 aliphatic rings. The highest BCUT2D eigenvalue weighted by molar-refractivity contribution is 6.45. The quantitative estimate of drug-likeness (QED) is 0.609. The van der Waals surface area contributed by atoms with Gasteiger partial charge in [0.1, 0.15) is 0 Å². The summed E-state index contributed by atoms with van der Waals surface area (Å²) in [6, 6.07) is 5.06. The SMILES string of the molecule is NCc1ccc2c(c1)CC(=O)N2C(=O)C(N)=O. The van der Waals surface area contributed by atoms with E-state index in [0.717, 1.165) is 10.5 Å². The lowest BCUT2D eigenvalue weighted by atomic mass is 10.1. The molecule has 1 aromatic rings. The molecule has 0 fully saturated rings. The second kappa shape index (κ2) is 3.99. The van der Waals surface area contributed by atoms with Crippen LogP contribution in [0.25, 0.3) is 0 Å². The first-order chi connectivity index (χ1) is 8.04. The van der Waals surface area contributed by atoms with E-state index >= 15 is 0 Å². The van der Waals surface area contributed by atoms with Gasteiger partial charge < -0.3 is 11.5 Å². The van der Waals surface area contributed by atoms with Crippen molar-refractivity contribution in [3.05, 3.63) is 29.3 Å². The van der Waals surface area contributed by atoms with Crippen LogP contribution in [0.3, 0.4) is 0 Å². The molecule has 17 heavy (non-hydrogen) atoms. The number of rotatable bonds is 1. The number of benzene rings is 1. The van der Waals surface area contributed by atoms with Crippen LogP contribution in [0, 0.1) is 0 Å². The molecule has 0 spiro atoms. The van der Waals surface area contributed by atoms with Crippen LogP contribution in [-0.2, 0) is 27.3 Å². The fraction of sp³-hybridized carbons (Fsp3) is 0.182. The first-order valence-electron chi connectivity index (χ1n) is 5.03. The number of hydrogen-bond donors (Lipinski definition) is 2. The van der Waals surface area contributed by atoms with Gasteiger partial charge in [-0.2, -0.15) is 0 Å². The number of carbonyl (C=O) groups is 3. The fourth-order valence-corrected chi connectivity index (χ4v) is 1.83. The van der Waals surface area contributed by atoms with E-state index in [0.29, 0.717) is 17.8 Å². The highest BCUT2D eigenvalue weighted by Gasteiger charge is 2.34. The number of hydrogen-bond acceptors (Lipinski definition) is 4. The monoisotopic (exact) mass is 233 g/mol. The third-order valence-corrected chi connectivity index (χ3v) is 2.63. The molecule has 6 nitrogen and oxygen atoms in total. The minimum Gasteiger partial charge on any atom is -0.361 e. The van der Waals surface area contributed by atoms with Gasteiger partial charge in [-0.1, -0.05) is 12.1 Å². The Morgan fingerprint density at radius 2 is 2.06 bits per heavy atom. The van der Waals surface area contributed by atoms with E-state index in [9.17, 15) is 14.4 Å². The molecule has 0 unspecified atom stereocenters. The molecule has 0 aromatic heterocycles. The average Bonchev–Trinajstić information content (AvgIpc) is 2.62. The van der Waals surface area contributed by atoms with Gasteiger partial charge in [0, 0.05) is 6.54 Å². The summed E-state index contributed by atoms with van der Waals surface area (Å²) in [7, 11) is 0. The van der Waals surface area contributed by atoms with Crippen molar-refractivity contribution in [1.29, 1.82) is 0 Å². The Hall–Kier alpha value is -2.21. The molecule has 2 rings (SSSR count). The Morgan fingerprint density at radius 3 is 2.65 bits per heavy atom. The summed E-state index contributed by atoms with van der Waals surface area (Å²) < 4.78 is 0. The molecule has 0 bridgehead atoms. The molecule has 0 saturated heterocycles. The zero-order valence-corrected chi connectivity index (χ0v) is 8.97. The lowest BCUT2D eigenvalue weighted by molar-refractivity contribution is -0.137. The number of carbonyl (C=O) groups excluding carboxylic acids is 3. The number of nitrogens with two attached hydrogens (primary N) is 2. The van der Waals surface area contributed by atoms with Crippen molar-refractivity contribution >= 4 is 23.4 Å².